The number of alkyl halides is 2. The largest absolute Gasteiger partial charge is 0.463 e. The number of aliphatic hydroxyl groups is 1. The topological polar surface area (TPSA) is 125 Å². The first kappa shape index (κ1) is 35.8. The maximum absolute atomic E-state index is 15.2. The number of nitrogens with zero attached hydrogens (tertiary/aromatic N) is 2. The van der Waals surface area contributed by atoms with Crippen LogP contribution in [0.25, 0.3) is 0 Å². The van der Waals surface area contributed by atoms with Gasteiger partial charge in [-0.05, 0) is 55.2 Å². The lowest BCUT2D eigenvalue weighted by Crippen LogP contribution is -2.60. The van der Waals surface area contributed by atoms with Crippen LogP contribution in [0.3, 0.4) is 0 Å². The van der Waals surface area contributed by atoms with Crippen LogP contribution in [0.15, 0.2) is 82.8 Å². The van der Waals surface area contributed by atoms with Crippen LogP contribution in [0, 0.1) is 46.8 Å². The Bertz CT molecular complexity index is 2340. The van der Waals surface area contributed by atoms with Gasteiger partial charge in [-0.3, -0.25) is 28.9 Å². The molecular weight excluding hydrogens is 762 g/mol. The Morgan fingerprint density at radius 3 is 1.98 bits per heavy atom. The minimum atomic E-state index is -2.75. The van der Waals surface area contributed by atoms with Gasteiger partial charge in [0.05, 0.1) is 23.4 Å². The van der Waals surface area contributed by atoms with Crippen LogP contribution in [0.4, 0.5) is 33.3 Å². The Hall–Kier alpha value is -5.18. The Morgan fingerprint density at radius 2 is 1.37 bits per heavy atom. The summed E-state index contributed by atoms with van der Waals surface area (Å²) in [5, 5.41) is 9.75. The summed E-state index contributed by atoms with van der Waals surface area (Å²) in [6, 6.07) is 16.8. The number of hydrogen-bond donors (Lipinski definition) is 1. The molecule has 2 saturated heterocycles. The fourth-order valence-electron chi connectivity index (χ4n) is 8.29. The van der Waals surface area contributed by atoms with Crippen LogP contribution in [-0.2, 0) is 25.8 Å². The minimum absolute atomic E-state index is 0.0391. The van der Waals surface area contributed by atoms with Gasteiger partial charge < -0.3 is 9.52 Å². The second-order valence-corrected chi connectivity index (χ2v) is 14.7. The SMILES string of the molecule is O=C(c1ccccc1)c1ccc(N2C(=O)C3CC=C4C(CC5(Cl)C(=O)N(c6c(F)c(F)c(F)c(F)c6F)C(=O)C5(Cl)C4c4ccc(CO)o4)C3C2=O)cc1. The molecule has 2 aliphatic carbocycles. The molecule has 1 saturated carbocycles. The van der Waals surface area contributed by atoms with E-state index in [4.69, 9.17) is 27.6 Å². The first-order chi connectivity index (χ1) is 25.7. The number of allylic oxidation sites excluding steroid dienone is 2. The van der Waals surface area contributed by atoms with E-state index in [1.807, 2.05) is 0 Å². The monoisotopic (exact) mass is 784 g/mol. The molecule has 0 bridgehead atoms. The van der Waals surface area contributed by atoms with Gasteiger partial charge in [0.1, 0.15) is 23.8 Å². The molecule has 3 fully saturated rings. The van der Waals surface area contributed by atoms with Gasteiger partial charge in [-0.25, -0.2) is 26.9 Å². The van der Waals surface area contributed by atoms with E-state index in [-0.39, 0.29) is 45.4 Å². The van der Waals surface area contributed by atoms with Crippen LogP contribution < -0.4 is 9.80 Å². The smallest absolute Gasteiger partial charge is 0.258 e. The first-order valence-electron chi connectivity index (χ1n) is 16.4. The summed E-state index contributed by atoms with van der Waals surface area (Å²) in [6.45, 7) is -0.636. The van der Waals surface area contributed by atoms with Crippen molar-refractivity contribution in [1.82, 2.24) is 0 Å². The summed E-state index contributed by atoms with van der Waals surface area (Å²) in [5.74, 6) is -22.6. The first-order valence-corrected chi connectivity index (χ1v) is 17.2. The normalized spacial score (nSPS) is 27.6. The van der Waals surface area contributed by atoms with Gasteiger partial charge in [0.2, 0.25) is 17.6 Å². The lowest BCUT2D eigenvalue weighted by Gasteiger charge is -2.49. The highest BCUT2D eigenvalue weighted by Gasteiger charge is 2.77. The molecular formula is C38H23Cl2F5N2O7. The number of imide groups is 2. The summed E-state index contributed by atoms with van der Waals surface area (Å²) in [7, 11) is 0. The van der Waals surface area contributed by atoms with Gasteiger partial charge in [0, 0.05) is 11.1 Å². The number of furan rings is 1. The zero-order valence-corrected chi connectivity index (χ0v) is 28.8. The van der Waals surface area contributed by atoms with Crippen molar-refractivity contribution in [3.8, 4) is 0 Å². The van der Waals surface area contributed by atoms with Crippen LogP contribution in [-0.4, -0.2) is 44.3 Å². The van der Waals surface area contributed by atoms with Gasteiger partial charge in [-0.1, -0.05) is 42.0 Å². The van der Waals surface area contributed by atoms with E-state index in [1.54, 1.807) is 30.3 Å². The summed E-state index contributed by atoms with van der Waals surface area (Å²) in [6.07, 6.45) is 0.744. The highest BCUT2D eigenvalue weighted by Crippen LogP contribution is 2.66. The molecule has 1 N–H and O–H groups in total. The van der Waals surface area contributed by atoms with Crippen LogP contribution >= 0.6 is 23.2 Å². The van der Waals surface area contributed by atoms with E-state index in [0.717, 1.165) is 4.90 Å². The van der Waals surface area contributed by atoms with Crippen molar-refractivity contribution in [2.24, 2.45) is 17.8 Å². The lowest BCUT2D eigenvalue weighted by molar-refractivity contribution is -0.125. The molecule has 4 amide bonds. The number of rotatable bonds is 6. The Balaban J connectivity index is 1.22. The predicted octanol–water partition coefficient (Wildman–Crippen LogP) is 6.47. The highest BCUT2D eigenvalue weighted by atomic mass is 35.5. The minimum Gasteiger partial charge on any atom is -0.463 e. The second kappa shape index (κ2) is 12.4. The van der Waals surface area contributed by atoms with E-state index in [2.05, 4.69) is 0 Å². The second-order valence-electron chi connectivity index (χ2n) is 13.4. The molecule has 6 unspecified atom stereocenters. The number of carbonyl (C=O) groups excluding carboxylic acids is 5. The van der Waals surface area contributed by atoms with Crippen LogP contribution in [0.5, 0.6) is 0 Å². The lowest BCUT2D eigenvalue weighted by atomic mass is 9.57. The maximum atomic E-state index is 15.2. The molecule has 4 aromatic rings. The van der Waals surface area contributed by atoms with E-state index in [0.29, 0.717) is 5.56 Å². The summed E-state index contributed by atoms with van der Waals surface area (Å²) in [4.78, 5) is 65.0. The third kappa shape index (κ3) is 4.69. The molecule has 4 aliphatic rings. The molecule has 8 rings (SSSR count). The quantitative estimate of drug-likeness (QED) is 0.0453. The molecule has 16 heteroatoms. The van der Waals surface area contributed by atoms with Crippen molar-refractivity contribution < 1.29 is 55.4 Å². The van der Waals surface area contributed by atoms with E-state index < -0.39 is 105 Å². The van der Waals surface area contributed by atoms with Crippen molar-refractivity contribution in [2.75, 3.05) is 9.80 Å². The van der Waals surface area contributed by atoms with Gasteiger partial charge >= 0.3 is 0 Å². The number of fused-ring (bicyclic) bond motifs is 4. The van der Waals surface area contributed by atoms with Gasteiger partial charge in [-0.2, -0.15) is 0 Å². The molecule has 2 aliphatic heterocycles. The molecule has 54 heavy (non-hydrogen) atoms. The molecule has 9 nitrogen and oxygen atoms in total. The van der Waals surface area contributed by atoms with Crippen LogP contribution in [0.1, 0.15) is 46.2 Å². The molecule has 3 aromatic carbocycles. The fraction of sp³-hybridized carbons (Fsp3) is 0.237. The zero-order chi connectivity index (χ0) is 38.6. The summed E-state index contributed by atoms with van der Waals surface area (Å²) in [5.41, 5.74) is -0.872. The van der Waals surface area contributed by atoms with Crippen LogP contribution in [0.2, 0.25) is 0 Å². The van der Waals surface area contributed by atoms with Crippen molar-refractivity contribution in [3.63, 3.8) is 0 Å². The van der Waals surface area contributed by atoms with Crippen molar-refractivity contribution in [2.45, 2.75) is 35.1 Å². The third-order valence-corrected chi connectivity index (χ3v) is 12.2. The Morgan fingerprint density at radius 1 is 0.759 bits per heavy atom. The predicted molar refractivity (Wildman–Crippen MR) is 180 cm³/mol. The molecule has 276 valence electrons. The fourth-order valence-corrected chi connectivity index (χ4v) is 9.20. The van der Waals surface area contributed by atoms with Crippen molar-refractivity contribution in [1.29, 1.82) is 0 Å². The molecule has 6 atom stereocenters. The molecule has 3 heterocycles. The van der Waals surface area contributed by atoms with E-state index in [9.17, 15) is 42.3 Å². The van der Waals surface area contributed by atoms with E-state index in [1.165, 1.54) is 42.5 Å². The van der Waals surface area contributed by atoms with Crippen molar-refractivity contribution in [3.05, 3.63) is 130 Å². The number of ketones is 1. The van der Waals surface area contributed by atoms with Crippen molar-refractivity contribution >= 4 is 64.0 Å². The Kier molecular flexibility index (Phi) is 8.25. The number of aliphatic hydroxyl groups excluding tert-OH is 1. The summed E-state index contributed by atoms with van der Waals surface area (Å²) >= 11 is 14.1. The molecule has 0 radical (unpaired) electrons. The van der Waals surface area contributed by atoms with Gasteiger partial charge in [0.25, 0.3) is 11.8 Å². The van der Waals surface area contributed by atoms with Gasteiger partial charge in [0.15, 0.2) is 38.8 Å². The average molecular weight is 786 g/mol. The number of carbonyl (C=O) groups is 5. The zero-order valence-electron chi connectivity index (χ0n) is 27.3. The Labute approximate surface area is 311 Å². The number of halogens is 7. The molecule has 0 spiro atoms. The van der Waals surface area contributed by atoms with Gasteiger partial charge in [-0.15, -0.1) is 23.2 Å². The van der Waals surface area contributed by atoms with E-state index >= 15 is 8.78 Å². The average Bonchev–Trinajstić information content (AvgIpc) is 3.80. The third-order valence-electron chi connectivity index (χ3n) is 10.8. The number of anilines is 2. The summed E-state index contributed by atoms with van der Waals surface area (Å²) < 4.78 is 79.0. The number of benzene rings is 3. The highest BCUT2D eigenvalue weighted by molar-refractivity contribution is 6.58. The molecule has 1 aromatic heterocycles. The maximum Gasteiger partial charge on any atom is 0.258 e. The number of hydrogen-bond acceptors (Lipinski definition) is 7. The standard InChI is InChI=1S/C38H23Cl2F5N2O7/c39-37-14-22-20(11-12-21-24(22)34(51)46(33(21)50)18-8-6-17(7-9-18)32(49)16-4-2-1-3-5-16)25(23-13-10-19(15-48)54-23)38(37,40)36(53)47(35(37)52)31-29(44)27(42)26(41)28(43)30(31)45/h1-11,13,21-22,24-25,48H,12,14-15H2. The number of amides is 4.